The zero-order valence-corrected chi connectivity index (χ0v) is 39.5. The van der Waals surface area contributed by atoms with Gasteiger partial charge in [0.1, 0.15) is 0 Å². The Bertz CT molecular complexity index is 3560. The number of fused-ring (bicyclic) bond motifs is 4. The molecule has 0 aliphatic carbocycles. The minimum atomic E-state index is 0.00726. The van der Waals surface area contributed by atoms with Crippen LogP contribution in [0.15, 0.2) is 267 Å². The second-order valence-corrected chi connectivity index (χ2v) is 20.3. The molecule has 69 heavy (non-hydrogen) atoms. The fourth-order valence-electron chi connectivity index (χ4n) is 10.7. The Morgan fingerprint density at radius 1 is 0.261 bits per heavy atom. The van der Waals surface area contributed by atoms with E-state index in [2.05, 4.69) is 272 Å². The molecule has 0 unspecified atom stereocenters. The molecule has 2 aliphatic rings. The number of nitrogens with zero attached hydrogens (tertiary/aromatic N) is 1. The Labute approximate surface area is 411 Å². The van der Waals surface area contributed by atoms with Crippen LogP contribution in [0.2, 0.25) is 0 Å². The number of benzene rings is 11. The molecule has 2 heterocycles. The first-order valence-corrected chi connectivity index (χ1v) is 25.5. The molecule has 0 N–H and O–H groups in total. The summed E-state index contributed by atoms with van der Waals surface area (Å²) >= 11 is 0.0157. The molecule has 0 atom stereocenters. The second-order valence-electron chi connectivity index (χ2n) is 18.0. The summed E-state index contributed by atoms with van der Waals surface area (Å²) in [5.74, 6) is 0. The molecular weight excluding hydrogens is 897 g/mol. The van der Waals surface area contributed by atoms with E-state index in [-0.39, 0.29) is 21.7 Å². The summed E-state index contributed by atoms with van der Waals surface area (Å²) in [4.78, 5) is 2.65. The van der Waals surface area contributed by atoms with Crippen molar-refractivity contribution in [2.75, 3.05) is 4.90 Å². The molecule has 0 spiro atoms. The average Bonchev–Trinajstić information content (AvgIpc) is 3.43. The maximum atomic E-state index is 2.65. The third-order valence-corrected chi connectivity index (χ3v) is 16.3. The van der Waals surface area contributed by atoms with Gasteiger partial charge in [-0.05, 0) is 0 Å². The van der Waals surface area contributed by atoms with E-state index in [1.54, 1.807) is 0 Å². The Morgan fingerprint density at radius 3 is 1.16 bits per heavy atom. The van der Waals surface area contributed by atoms with Gasteiger partial charge in [-0.15, -0.1) is 0 Å². The third-order valence-electron chi connectivity index (χ3n) is 13.9. The Kier molecular flexibility index (Phi) is 10.4. The summed E-state index contributed by atoms with van der Waals surface area (Å²) in [6, 6.07) is 99.1. The minimum absolute atomic E-state index is 0.00726. The van der Waals surface area contributed by atoms with Gasteiger partial charge in [0, 0.05) is 0 Å². The van der Waals surface area contributed by atoms with Crippen LogP contribution in [0.3, 0.4) is 0 Å². The van der Waals surface area contributed by atoms with Gasteiger partial charge in [0.15, 0.2) is 0 Å². The van der Waals surface area contributed by atoms with Crippen LogP contribution in [-0.2, 0) is 0 Å². The zero-order valence-electron chi connectivity index (χ0n) is 37.8. The van der Waals surface area contributed by atoms with Crippen molar-refractivity contribution in [3.05, 3.63) is 267 Å². The van der Waals surface area contributed by atoms with Crippen LogP contribution in [0.25, 0.3) is 77.9 Å². The quantitative estimate of drug-likeness (QED) is 0.137. The number of para-hydroxylation sites is 1. The third kappa shape index (κ3) is 7.45. The molecule has 13 rings (SSSR count). The van der Waals surface area contributed by atoms with Crippen LogP contribution in [0.5, 0.6) is 0 Å². The molecule has 3 heteroatoms. The summed E-state index contributed by atoms with van der Waals surface area (Å²) in [6.07, 6.45) is 0. The average molecular weight is 941 g/mol. The van der Waals surface area contributed by atoms with Gasteiger partial charge in [0.05, 0.1) is 0 Å². The monoisotopic (exact) mass is 941 g/mol. The van der Waals surface area contributed by atoms with Crippen molar-refractivity contribution < 1.29 is 0 Å². The van der Waals surface area contributed by atoms with E-state index in [1.807, 2.05) is 0 Å². The summed E-state index contributed by atoms with van der Waals surface area (Å²) in [5.41, 5.74) is 24.7. The van der Waals surface area contributed by atoms with E-state index in [4.69, 9.17) is 0 Å². The van der Waals surface area contributed by atoms with E-state index >= 15 is 0 Å². The molecular formula is C66H44BNSe. The summed E-state index contributed by atoms with van der Waals surface area (Å²) in [7, 11) is 0. The van der Waals surface area contributed by atoms with Crippen LogP contribution in [0, 0.1) is 0 Å². The molecule has 11 aromatic carbocycles. The topological polar surface area (TPSA) is 3.24 Å². The van der Waals surface area contributed by atoms with Crippen LogP contribution >= 0.6 is 0 Å². The first-order valence-electron chi connectivity index (χ1n) is 23.8. The van der Waals surface area contributed by atoms with Crippen LogP contribution in [0.1, 0.15) is 0 Å². The van der Waals surface area contributed by atoms with Crippen molar-refractivity contribution >= 4 is 64.0 Å². The fraction of sp³-hybridized carbons (Fsp3) is 0. The van der Waals surface area contributed by atoms with Crippen molar-refractivity contribution in [2.24, 2.45) is 0 Å². The number of anilines is 3. The van der Waals surface area contributed by atoms with Crippen LogP contribution in [0.4, 0.5) is 17.1 Å². The van der Waals surface area contributed by atoms with E-state index in [9.17, 15) is 0 Å². The van der Waals surface area contributed by atoms with Crippen molar-refractivity contribution in [3.8, 4) is 77.9 Å². The standard InChI is InChI=1S/C66H44BNSe/c1-7-20-45(21-8-1)51-34-36-61-59(41-51)67-60-42-52(46-22-9-2-10-23-46)35-37-63(60)69-64-44-56(55-39-53(47-24-11-3-12-25-47)38-54(40-55)48-26-13-4-14-27-48)43-62(65(64)67)68(61)66-57(49-28-15-5-16-29-49)32-19-33-58(66)50-30-17-6-18-31-50/h1-44H. The van der Waals surface area contributed by atoms with Gasteiger partial charge in [-0.1, -0.05) is 0 Å². The maximum absolute atomic E-state index is 2.65. The summed E-state index contributed by atoms with van der Waals surface area (Å²) in [5, 5.41) is 0. The molecule has 0 saturated carbocycles. The van der Waals surface area contributed by atoms with Gasteiger partial charge >= 0.3 is 414 Å². The van der Waals surface area contributed by atoms with Crippen LogP contribution < -0.4 is 30.2 Å². The molecule has 0 fully saturated rings. The molecule has 0 saturated heterocycles. The molecule has 11 aromatic rings. The number of hydrogen-bond acceptors (Lipinski definition) is 1. The summed E-state index contributed by atoms with van der Waals surface area (Å²) in [6.45, 7) is 0.00726. The second kappa shape index (κ2) is 17.5. The van der Waals surface area contributed by atoms with Crippen molar-refractivity contribution in [1.29, 1.82) is 0 Å². The predicted molar refractivity (Wildman–Crippen MR) is 295 cm³/mol. The van der Waals surface area contributed by atoms with Crippen LogP contribution in [-0.4, -0.2) is 21.7 Å². The van der Waals surface area contributed by atoms with E-state index in [0.717, 1.165) is 0 Å². The van der Waals surface area contributed by atoms with E-state index in [1.165, 1.54) is 120 Å². The van der Waals surface area contributed by atoms with Gasteiger partial charge in [0.2, 0.25) is 0 Å². The molecule has 322 valence electrons. The first kappa shape index (κ1) is 41.0. The van der Waals surface area contributed by atoms with Gasteiger partial charge in [0.25, 0.3) is 0 Å². The molecule has 1 nitrogen and oxygen atoms in total. The van der Waals surface area contributed by atoms with Crippen molar-refractivity contribution in [1.82, 2.24) is 0 Å². The molecule has 2 aliphatic heterocycles. The Morgan fingerprint density at radius 2 is 0.667 bits per heavy atom. The molecule has 0 radical (unpaired) electrons. The fourth-order valence-corrected chi connectivity index (χ4v) is 13.1. The Hall–Kier alpha value is -8.20. The normalized spacial score (nSPS) is 12.2. The number of hydrogen-bond donors (Lipinski definition) is 0. The molecule has 0 amide bonds. The SMILES string of the molecule is c1ccc(-c2cc(-c3ccccc3)cc(-c3cc4c5c(c3)N(c3c(-c6ccccc6)cccc3-c3ccccc3)c3ccc(-c6ccccc6)cc3B5c3cc(-c5ccccc5)ccc3[Se]4)c2)cc1. The number of rotatable bonds is 8. The van der Waals surface area contributed by atoms with Gasteiger partial charge in [-0.3, -0.25) is 0 Å². The van der Waals surface area contributed by atoms with E-state index in [0.29, 0.717) is 0 Å². The zero-order chi connectivity index (χ0) is 45.7. The summed E-state index contributed by atoms with van der Waals surface area (Å²) < 4.78 is 2.86. The first-order chi connectivity index (χ1) is 34.2. The van der Waals surface area contributed by atoms with Crippen molar-refractivity contribution in [3.63, 3.8) is 0 Å². The van der Waals surface area contributed by atoms with E-state index < -0.39 is 0 Å². The predicted octanol–water partition coefficient (Wildman–Crippen LogP) is 13.6. The molecule has 0 aromatic heterocycles. The van der Waals surface area contributed by atoms with Crippen molar-refractivity contribution in [2.45, 2.75) is 0 Å². The van der Waals surface area contributed by atoms with Gasteiger partial charge < -0.3 is 0 Å². The molecule has 0 bridgehead atoms. The Balaban J connectivity index is 1.14. The van der Waals surface area contributed by atoms with Gasteiger partial charge in [-0.25, -0.2) is 0 Å². The van der Waals surface area contributed by atoms with Gasteiger partial charge in [-0.2, -0.15) is 0 Å².